The molecule has 2 aromatic rings. The molecule has 2 rings (SSSR count). The minimum absolute atomic E-state index is 0. The molecule has 1 aromatic carbocycles. The zero-order valence-corrected chi connectivity index (χ0v) is 16.1. The van der Waals surface area contributed by atoms with Crippen molar-refractivity contribution in [3.8, 4) is 0 Å². The van der Waals surface area contributed by atoms with Crippen LogP contribution in [0.4, 0.5) is 0 Å². The first kappa shape index (κ1) is 19.4. The van der Waals surface area contributed by atoms with Crippen LogP contribution < -0.4 is 10.6 Å². The summed E-state index contributed by atoms with van der Waals surface area (Å²) in [6, 6.07) is 14.6. The molecule has 0 radical (unpaired) electrons. The second-order valence-corrected chi connectivity index (χ2v) is 5.22. The zero-order valence-electron chi connectivity index (χ0n) is 13.7. The van der Waals surface area contributed by atoms with Crippen molar-refractivity contribution in [1.82, 2.24) is 15.6 Å². The number of guanidine groups is 1. The first-order chi connectivity index (χ1) is 10.8. The van der Waals surface area contributed by atoms with Crippen molar-refractivity contribution in [3.63, 3.8) is 0 Å². The van der Waals surface area contributed by atoms with Crippen LogP contribution in [0.5, 0.6) is 0 Å². The largest absolute Gasteiger partial charge is 0.356 e. The van der Waals surface area contributed by atoms with Gasteiger partial charge < -0.3 is 10.6 Å². The molecule has 0 fully saturated rings. The smallest absolute Gasteiger partial charge is 0.190 e. The van der Waals surface area contributed by atoms with E-state index in [0.29, 0.717) is 0 Å². The molecule has 4 nitrogen and oxygen atoms in total. The maximum atomic E-state index is 4.31. The van der Waals surface area contributed by atoms with Gasteiger partial charge in [-0.25, -0.2) is 0 Å². The molecule has 0 saturated heterocycles. The van der Waals surface area contributed by atoms with E-state index in [1.54, 1.807) is 7.05 Å². The second kappa shape index (κ2) is 11.0. The fourth-order valence-corrected chi connectivity index (χ4v) is 2.16. The number of nitrogens with one attached hydrogen (secondary N) is 2. The van der Waals surface area contributed by atoms with Crippen molar-refractivity contribution in [2.45, 2.75) is 19.8 Å². The molecule has 2 N–H and O–H groups in total. The molecule has 1 heterocycles. The SMILES string of the molecule is CN=C(NCCc1ccccc1)NCCc1ccc(C)nc1.I. The van der Waals surface area contributed by atoms with Crippen molar-refractivity contribution < 1.29 is 0 Å². The van der Waals surface area contributed by atoms with E-state index >= 15 is 0 Å². The summed E-state index contributed by atoms with van der Waals surface area (Å²) in [7, 11) is 1.80. The van der Waals surface area contributed by atoms with Gasteiger partial charge in [0.15, 0.2) is 5.96 Å². The Morgan fingerprint density at radius 3 is 2.17 bits per heavy atom. The van der Waals surface area contributed by atoms with E-state index in [2.05, 4.69) is 50.9 Å². The lowest BCUT2D eigenvalue weighted by Crippen LogP contribution is -2.39. The van der Waals surface area contributed by atoms with Gasteiger partial charge in [-0.15, -0.1) is 24.0 Å². The number of aliphatic imine (C=N–C) groups is 1. The molecule has 0 unspecified atom stereocenters. The molecule has 0 aliphatic carbocycles. The average Bonchev–Trinajstić information content (AvgIpc) is 2.56. The van der Waals surface area contributed by atoms with Crippen LogP contribution in [0, 0.1) is 6.92 Å². The van der Waals surface area contributed by atoms with Gasteiger partial charge in [0.05, 0.1) is 0 Å². The highest BCUT2D eigenvalue weighted by molar-refractivity contribution is 14.0. The maximum absolute atomic E-state index is 4.31. The van der Waals surface area contributed by atoms with E-state index in [4.69, 9.17) is 0 Å². The minimum atomic E-state index is 0. The number of aromatic nitrogens is 1. The van der Waals surface area contributed by atoms with Crippen LogP contribution in [-0.4, -0.2) is 31.1 Å². The van der Waals surface area contributed by atoms with Gasteiger partial charge in [0, 0.05) is 32.0 Å². The maximum Gasteiger partial charge on any atom is 0.190 e. The van der Waals surface area contributed by atoms with Gasteiger partial charge in [-0.1, -0.05) is 36.4 Å². The quantitative estimate of drug-likeness (QED) is 0.426. The van der Waals surface area contributed by atoms with E-state index in [9.17, 15) is 0 Å². The van der Waals surface area contributed by atoms with Crippen molar-refractivity contribution >= 4 is 29.9 Å². The van der Waals surface area contributed by atoms with Gasteiger partial charge in [0.25, 0.3) is 0 Å². The molecule has 0 amide bonds. The van der Waals surface area contributed by atoms with Gasteiger partial charge in [0.2, 0.25) is 0 Å². The average molecular weight is 424 g/mol. The van der Waals surface area contributed by atoms with Crippen molar-refractivity contribution in [2.75, 3.05) is 20.1 Å². The van der Waals surface area contributed by atoms with Crippen molar-refractivity contribution in [2.24, 2.45) is 4.99 Å². The number of hydrogen-bond donors (Lipinski definition) is 2. The molecule has 1 aromatic heterocycles. The Hall–Kier alpha value is -1.63. The first-order valence-electron chi connectivity index (χ1n) is 7.68. The number of hydrogen-bond acceptors (Lipinski definition) is 2. The predicted molar refractivity (Wildman–Crippen MR) is 108 cm³/mol. The van der Waals surface area contributed by atoms with Crippen LogP contribution in [0.15, 0.2) is 53.7 Å². The molecule has 0 bridgehead atoms. The molecule has 23 heavy (non-hydrogen) atoms. The zero-order chi connectivity index (χ0) is 15.6. The summed E-state index contributed by atoms with van der Waals surface area (Å²) >= 11 is 0. The third kappa shape index (κ3) is 7.45. The van der Waals surface area contributed by atoms with Crippen LogP contribution in [0.1, 0.15) is 16.8 Å². The highest BCUT2D eigenvalue weighted by atomic mass is 127. The number of rotatable bonds is 6. The molecule has 0 spiro atoms. The lowest BCUT2D eigenvalue weighted by atomic mass is 10.1. The Balaban J connectivity index is 0.00000264. The van der Waals surface area contributed by atoms with Crippen LogP contribution in [0.25, 0.3) is 0 Å². The minimum Gasteiger partial charge on any atom is -0.356 e. The van der Waals surface area contributed by atoms with Crippen LogP contribution in [0.2, 0.25) is 0 Å². The number of halogens is 1. The monoisotopic (exact) mass is 424 g/mol. The molecule has 124 valence electrons. The third-order valence-electron chi connectivity index (χ3n) is 3.45. The Bertz CT molecular complexity index is 582. The molecular weight excluding hydrogens is 399 g/mol. The summed E-state index contributed by atoms with van der Waals surface area (Å²) in [6.07, 6.45) is 3.86. The fourth-order valence-electron chi connectivity index (χ4n) is 2.16. The Kier molecular flexibility index (Phi) is 9.28. The summed E-state index contributed by atoms with van der Waals surface area (Å²) in [5.41, 5.74) is 3.61. The van der Waals surface area contributed by atoms with Crippen molar-refractivity contribution in [1.29, 1.82) is 0 Å². The number of aryl methyl sites for hydroxylation is 1. The first-order valence-corrected chi connectivity index (χ1v) is 7.68. The molecule has 0 atom stereocenters. The Labute approximate surface area is 155 Å². The topological polar surface area (TPSA) is 49.3 Å². The highest BCUT2D eigenvalue weighted by Crippen LogP contribution is 2.00. The van der Waals surface area contributed by atoms with Crippen molar-refractivity contribution in [3.05, 3.63) is 65.5 Å². The van der Waals surface area contributed by atoms with Crippen LogP contribution in [0.3, 0.4) is 0 Å². The van der Waals surface area contributed by atoms with Gasteiger partial charge in [0.1, 0.15) is 0 Å². The highest BCUT2D eigenvalue weighted by Gasteiger charge is 1.99. The van der Waals surface area contributed by atoms with E-state index in [1.165, 1.54) is 11.1 Å². The van der Waals surface area contributed by atoms with E-state index in [1.807, 2.05) is 25.3 Å². The summed E-state index contributed by atoms with van der Waals surface area (Å²) in [6.45, 7) is 3.71. The number of nitrogens with zero attached hydrogens (tertiary/aromatic N) is 2. The summed E-state index contributed by atoms with van der Waals surface area (Å²) < 4.78 is 0. The molecule has 5 heteroatoms. The van der Waals surface area contributed by atoms with Crippen LogP contribution >= 0.6 is 24.0 Å². The lowest BCUT2D eigenvalue weighted by Gasteiger charge is -2.12. The van der Waals surface area contributed by atoms with Gasteiger partial charge in [-0.05, 0) is 37.0 Å². The number of pyridine rings is 1. The Morgan fingerprint density at radius 2 is 1.61 bits per heavy atom. The predicted octanol–water partition coefficient (Wildman–Crippen LogP) is 2.96. The van der Waals surface area contributed by atoms with Gasteiger partial charge in [-0.2, -0.15) is 0 Å². The van der Waals surface area contributed by atoms with E-state index in [0.717, 1.165) is 37.6 Å². The summed E-state index contributed by atoms with van der Waals surface area (Å²) in [4.78, 5) is 8.55. The fraction of sp³-hybridized carbons (Fsp3) is 0.333. The molecule has 0 aliphatic heterocycles. The number of benzene rings is 1. The third-order valence-corrected chi connectivity index (χ3v) is 3.45. The summed E-state index contributed by atoms with van der Waals surface area (Å²) in [5, 5.41) is 6.67. The van der Waals surface area contributed by atoms with Gasteiger partial charge in [-0.3, -0.25) is 9.98 Å². The standard InChI is InChI=1S/C18H24N4.HI/c1-15-8-9-17(14-22-15)11-13-21-18(19-2)20-12-10-16-6-4-3-5-7-16;/h3-9,14H,10-13H2,1-2H3,(H2,19,20,21);1H. The molecule has 0 aliphatic rings. The molecule has 0 saturated carbocycles. The lowest BCUT2D eigenvalue weighted by molar-refractivity contribution is 0.783. The molecular formula is C18H25IN4. The second-order valence-electron chi connectivity index (χ2n) is 5.22. The normalized spacial score (nSPS) is 10.8. The van der Waals surface area contributed by atoms with E-state index in [-0.39, 0.29) is 24.0 Å². The van der Waals surface area contributed by atoms with Crippen LogP contribution in [-0.2, 0) is 12.8 Å². The Morgan fingerprint density at radius 1 is 0.957 bits per heavy atom. The van der Waals surface area contributed by atoms with E-state index < -0.39 is 0 Å². The van der Waals surface area contributed by atoms with Gasteiger partial charge >= 0.3 is 0 Å². The summed E-state index contributed by atoms with van der Waals surface area (Å²) in [5.74, 6) is 0.844.